The molecule has 0 aliphatic rings. The van der Waals surface area contributed by atoms with E-state index in [0.717, 1.165) is 11.3 Å². The number of nitrogens with zero attached hydrogens (tertiary/aromatic N) is 2. The Morgan fingerprint density at radius 3 is 2.64 bits per heavy atom. The number of carbonyl (C=O) groups is 2. The van der Waals surface area contributed by atoms with Crippen LogP contribution in [0.2, 0.25) is 0 Å². The number of methoxy groups -OCH3 is 1. The van der Waals surface area contributed by atoms with Crippen molar-refractivity contribution in [1.82, 2.24) is 4.98 Å². The first-order valence-electron chi connectivity index (χ1n) is 6.17. The van der Waals surface area contributed by atoms with Crippen molar-refractivity contribution in [3.63, 3.8) is 0 Å². The Kier molecular flexibility index (Phi) is 4.84. The largest absolute Gasteiger partial charge is 0.545 e. The summed E-state index contributed by atoms with van der Waals surface area (Å²) in [7, 11) is 1.31. The standard InChI is InChI=1S/C14H13N3O4S/c1-8-11(13(20)21-2)22-14(16-8)17-15-7-9-3-5-10(6-4-9)12(18)19/h3-7H,1-2H3,(H,16,17)(H,18,19)/p-1/b15-7-. The predicted octanol–water partition coefficient (Wildman–Crippen LogP) is 1.05. The molecule has 7 nitrogen and oxygen atoms in total. The summed E-state index contributed by atoms with van der Waals surface area (Å²) in [5.41, 5.74) is 4.08. The van der Waals surface area contributed by atoms with Crippen LogP contribution in [0.15, 0.2) is 29.4 Å². The van der Waals surface area contributed by atoms with Crippen molar-refractivity contribution in [3.8, 4) is 0 Å². The molecule has 8 heteroatoms. The molecule has 0 saturated heterocycles. The fraction of sp³-hybridized carbons (Fsp3) is 0.143. The van der Waals surface area contributed by atoms with E-state index in [1.54, 1.807) is 19.1 Å². The van der Waals surface area contributed by atoms with Crippen molar-refractivity contribution in [2.75, 3.05) is 12.5 Å². The predicted molar refractivity (Wildman–Crippen MR) is 80.2 cm³/mol. The second-order valence-electron chi connectivity index (χ2n) is 4.20. The average molecular weight is 318 g/mol. The third kappa shape index (κ3) is 3.67. The molecule has 0 bridgehead atoms. The Balaban J connectivity index is 2.03. The van der Waals surface area contributed by atoms with Gasteiger partial charge in [0.25, 0.3) is 0 Å². The maximum Gasteiger partial charge on any atom is 0.350 e. The summed E-state index contributed by atoms with van der Waals surface area (Å²) in [6.07, 6.45) is 1.51. The van der Waals surface area contributed by atoms with Gasteiger partial charge in [-0.25, -0.2) is 9.78 Å². The third-order valence-corrected chi connectivity index (χ3v) is 3.73. The number of aromatic carboxylic acids is 1. The Labute approximate surface area is 130 Å². The third-order valence-electron chi connectivity index (χ3n) is 2.69. The highest BCUT2D eigenvalue weighted by molar-refractivity contribution is 7.17. The highest BCUT2D eigenvalue weighted by atomic mass is 32.1. The highest BCUT2D eigenvalue weighted by Gasteiger charge is 2.15. The minimum absolute atomic E-state index is 0.100. The number of aromatic nitrogens is 1. The molecular weight excluding hydrogens is 306 g/mol. The quantitative estimate of drug-likeness (QED) is 0.502. The summed E-state index contributed by atoms with van der Waals surface area (Å²) < 4.78 is 4.65. The number of anilines is 1. The maximum atomic E-state index is 11.5. The van der Waals surface area contributed by atoms with Gasteiger partial charge in [0.15, 0.2) is 0 Å². The maximum absolute atomic E-state index is 11.5. The summed E-state index contributed by atoms with van der Waals surface area (Å²) in [6, 6.07) is 6.06. The molecule has 0 amide bonds. The first-order valence-corrected chi connectivity index (χ1v) is 6.99. The van der Waals surface area contributed by atoms with E-state index in [1.165, 1.54) is 25.5 Å². The number of hydrogen-bond acceptors (Lipinski definition) is 8. The van der Waals surface area contributed by atoms with Crippen molar-refractivity contribution in [1.29, 1.82) is 0 Å². The Morgan fingerprint density at radius 2 is 2.05 bits per heavy atom. The monoisotopic (exact) mass is 318 g/mol. The number of carboxylic acid groups (broad SMARTS) is 1. The molecule has 1 aromatic carbocycles. The van der Waals surface area contributed by atoms with Crippen LogP contribution in [0.5, 0.6) is 0 Å². The number of ether oxygens (including phenoxy) is 1. The van der Waals surface area contributed by atoms with Gasteiger partial charge in [0.2, 0.25) is 5.13 Å². The van der Waals surface area contributed by atoms with Crippen LogP contribution >= 0.6 is 11.3 Å². The van der Waals surface area contributed by atoms with Gasteiger partial charge in [-0.05, 0) is 18.1 Å². The molecule has 0 aliphatic carbocycles. The van der Waals surface area contributed by atoms with Gasteiger partial charge in [0, 0.05) is 0 Å². The Hall–Kier alpha value is -2.74. The van der Waals surface area contributed by atoms with Gasteiger partial charge >= 0.3 is 5.97 Å². The van der Waals surface area contributed by atoms with Crippen LogP contribution in [0.4, 0.5) is 5.13 Å². The van der Waals surface area contributed by atoms with Crippen LogP contribution in [0.3, 0.4) is 0 Å². The number of nitrogens with one attached hydrogen (secondary N) is 1. The van der Waals surface area contributed by atoms with E-state index in [9.17, 15) is 14.7 Å². The zero-order valence-corrected chi connectivity index (χ0v) is 12.6. The molecule has 0 fully saturated rings. The van der Waals surface area contributed by atoms with Crippen molar-refractivity contribution in [2.45, 2.75) is 6.92 Å². The van der Waals surface area contributed by atoms with Crippen molar-refractivity contribution >= 4 is 34.6 Å². The molecule has 0 saturated carbocycles. The lowest BCUT2D eigenvalue weighted by atomic mass is 10.1. The van der Waals surface area contributed by atoms with Gasteiger partial charge in [-0.2, -0.15) is 5.10 Å². The normalized spacial score (nSPS) is 10.6. The number of thiazole rings is 1. The molecule has 1 heterocycles. The van der Waals surface area contributed by atoms with Gasteiger partial charge in [0.1, 0.15) is 4.88 Å². The van der Waals surface area contributed by atoms with E-state index in [2.05, 4.69) is 20.2 Å². The van der Waals surface area contributed by atoms with E-state index in [-0.39, 0.29) is 5.56 Å². The Bertz CT molecular complexity index is 722. The van der Waals surface area contributed by atoms with Crippen LogP contribution in [-0.2, 0) is 4.74 Å². The van der Waals surface area contributed by atoms with Crippen LogP contribution in [0.25, 0.3) is 0 Å². The summed E-state index contributed by atoms with van der Waals surface area (Å²) in [6.45, 7) is 1.70. The summed E-state index contributed by atoms with van der Waals surface area (Å²) >= 11 is 1.14. The van der Waals surface area contributed by atoms with E-state index >= 15 is 0 Å². The van der Waals surface area contributed by atoms with Crippen LogP contribution < -0.4 is 10.5 Å². The highest BCUT2D eigenvalue weighted by Crippen LogP contribution is 2.23. The number of hydrazone groups is 1. The molecule has 2 aromatic rings. The van der Waals surface area contributed by atoms with Gasteiger partial charge in [-0.3, -0.25) is 5.43 Å². The molecule has 0 aliphatic heterocycles. The molecule has 0 unspecified atom stereocenters. The number of rotatable bonds is 5. The number of hydrogen-bond donors (Lipinski definition) is 1. The average Bonchev–Trinajstić information content (AvgIpc) is 2.88. The number of carbonyl (C=O) groups excluding carboxylic acids is 2. The lowest BCUT2D eigenvalue weighted by Crippen LogP contribution is -2.21. The van der Waals surface area contributed by atoms with Crippen LogP contribution in [0, 0.1) is 6.92 Å². The molecule has 2 rings (SSSR count). The van der Waals surface area contributed by atoms with E-state index in [1.807, 2.05) is 0 Å². The summed E-state index contributed by atoms with van der Waals surface area (Å²) in [5.74, 6) is -1.67. The fourth-order valence-electron chi connectivity index (χ4n) is 1.59. The summed E-state index contributed by atoms with van der Waals surface area (Å²) in [5, 5.41) is 15.1. The van der Waals surface area contributed by atoms with Crippen molar-refractivity contribution < 1.29 is 19.4 Å². The second-order valence-corrected chi connectivity index (χ2v) is 5.20. The van der Waals surface area contributed by atoms with Gasteiger partial charge in [-0.1, -0.05) is 35.6 Å². The van der Waals surface area contributed by atoms with Gasteiger partial charge < -0.3 is 14.6 Å². The second kappa shape index (κ2) is 6.81. The lowest BCUT2D eigenvalue weighted by molar-refractivity contribution is -0.255. The number of benzene rings is 1. The molecule has 114 valence electrons. The molecule has 0 atom stereocenters. The molecule has 0 spiro atoms. The fourth-order valence-corrected chi connectivity index (χ4v) is 2.43. The molecule has 1 aromatic heterocycles. The number of carboxylic acids is 1. The van der Waals surface area contributed by atoms with Crippen LogP contribution in [0.1, 0.15) is 31.3 Å². The van der Waals surface area contributed by atoms with Crippen molar-refractivity contribution in [2.24, 2.45) is 5.10 Å². The molecular formula is C14H12N3O4S-. The first-order chi connectivity index (χ1) is 10.5. The molecule has 22 heavy (non-hydrogen) atoms. The first kappa shape index (κ1) is 15.6. The minimum atomic E-state index is -1.23. The van der Waals surface area contributed by atoms with E-state index < -0.39 is 11.9 Å². The SMILES string of the molecule is COC(=O)c1sc(N/N=C\c2ccc(C(=O)[O-])cc2)nc1C. The zero-order valence-electron chi connectivity index (χ0n) is 11.8. The van der Waals surface area contributed by atoms with E-state index in [4.69, 9.17) is 0 Å². The van der Waals surface area contributed by atoms with E-state index in [0.29, 0.717) is 21.3 Å². The van der Waals surface area contributed by atoms with Gasteiger partial charge in [0.05, 0.1) is 25.0 Å². The van der Waals surface area contributed by atoms with Crippen molar-refractivity contribution in [3.05, 3.63) is 46.0 Å². The number of esters is 1. The molecule has 1 N–H and O–H groups in total. The van der Waals surface area contributed by atoms with Crippen LogP contribution in [-0.4, -0.2) is 30.2 Å². The van der Waals surface area contributed by atoms with Gasteiger partial charge in [-0.15, -0.1) is 0 Å². The lowest BCUT2D eigenvalue weighted by Gasteiger charge is -2.01. The minimum Gasteiger partial charge on any atom is -0.545 e. The zero-order chi connectivity index (χ0) is 16.1. The Morgan fingerprint density at radius 1 is 1.36 bits per heavy atom. The smallest absolute Gasteiger partial charge is 0.350 e. The summed E-state index contributed by atoms with van der Waals surface area (Å²) in [4.78, 5) is 26.7. The number of aryl methyl sites for hydroxylation is 1. The molecule has 0 radical (unpaired) electrons. The topological polar surface area (TPSA) is 104 Å².